The Kier molecular flexibility index (Phi) is 6.05. The Hall–Kier alpha value is -1.97. The molecule has 0 radical (unpaired) electrons. The lowest BCUT2D eigenvalue weighted by atomic mass is 10.2. The molecule has 0 saturated carbocycles. The van der Waals surface area contributed by atoms with E-state index in [0.29, 0.717) is 18.7 Å². The first kappa shape index (κ1) is 20.3. The molecule has 0 heterocycles. The summed E-state index contributed by atoms with van der Waals surface area (Å²) in [6.45, 7) is 5.70. The van der Waals surface area contributed by atoms with Crippen LogP contribution in [0.5, 0.6) is 0 Å². The van der Waals surface area contributed by atoms with E-state index in [4.69, 9.17) is 0 Å². The smallest absolute Gasteiger partial charge is 0.261 e. The monoisotopic (exact) mass is 400 g/mol. The fourth-order valence-electron chi connectivity index (χ4n) is 2.49. The van der Waals surface area contributed by atoms with Gasteiger partial charge in [-0.1, -0.05) is 26.0 Å². The van der Waals surface area contributed by atoms with Crippen LogP contribution in [0.15, 0.2) is 52.3 Å². The molecular formula is C17H21FN2O4S2. The molecule has 0 amide bonds. The Morgan fingerprint density at radius 1 is 1.00 bits per heavy atom. The van der Waals surface area contributed by atoms with Gasteiger partial charge in [0.05, 0.1) is 15.5 Å². The molecule has 6 nitrogen and oxygen atoms in total. The van der Waals surface area contributed by atoms with Crippen molar-refractivity contribution in [3.63, 3.8) is 0 Å². The molecule has 26 heavy (non-hydrogen) atoms. The van der Waals surface area contributed by atoms with Crippen LogP contribution in [-0.2, 0) is 20.0 Å². The highest BCUT2D eigenvalue weighted by Crippen LogP contribution is 2.25. The van der Waals surface area contributed by atoms with Crippen LogP contribution in [0, 0.1) is 12.7 Å². The Morgan fingerprint density at radius 3 is 2.23 bits per heavy atom. The van der Waals surface area contributed by atoms with Gasteiger partial charge in [0.25, 0.3) is 10.0 Å². The molecule has 0 bridgehead atoms. The average molecular weight is 400 g/mol. The molecule has 2 aromatic carbocycles. The number of nitrogens with zero attached hydrogens (tertiary/aromatic N) is 1. The zero-order chi connectivity index (χ0) is 19.5. The third kappa shape index (κ3) is 4.22. The first-order chi connectivity index (χ1) is 12.1. The predicted octanol–water partition coefficient (Wildman–Crippen LogP) is 2.97. The summed E-state index contributed by atoms with van der Waals surface area (Å²) in [4.78, 5) is -0.216. The van der Waals surface area contributed by atoms with E-state index in [2.05, 4.69) is 4.72 Å². The van der Waals surface area contributed by atoms with Gasteiger partial charge in [0, 0.05) is 13.1 Å². The number of rotatable bonds is 7. The van der Waals surface area contributed by atoms with Crippen LogP contribution >= 0.6 is 0 Å². The normalized spacial score (nSPS) is 12.3. The number of nitrogens with one attached hydrogen (secondary N) is 1. The highest BCUT2D eigenvalue weighted by molar-refractivity contribution is 7.92. The molecule has 0 unspecified atom stereocenters. The first-order valence-corrected chi connectivity index (χ1v) is 10.9. The van der Waals surface area contributed by atoms with Crippen molar-refractivity contribution in [1.82, 2.24) is 4.31 Å². The van der Waals surface area contributed by atoms with E-state index in [1.54, 1.807) is 20.8 Å². The van der Waals surface area contributed by atoms with Crippen molar-refractivity contribution in [2.24, 2.45) is 0 Å². The lowest BCUT2D eigenvalue weighted by Crippen LogP contribution is -2.31. The molecule has 2 aromatic rings. The second kappa shape index (κ2) is 7.73. The molecule has 9 heteroatoms. The van der Waals surface area contributed by atoms with Crippen molar-refractivity contribution in [1.29, 1.82) is 0 Å². The predicted molar refractivity (Wildman–Crippen MR) is 98.5 cm³/mol. The van der Waals surface area contributed by atoms with Crippen molar-refractivity contribution in [3.8, 4) is 0 Å². The third-order valence-electron chi connectivity index (χ3n) is 3.87. The Bertz CT molecular complexity index is 1000. The third-order valence-corrected chi connectivity index (χ3v) is 7.44. The van der Waals surface area contributed by atoms with E-state index in [0.717, 1.165) is 12.1 Å². The molecular weight excluding hydrogens is 379 g/mol. The van der Waals surface area contributed by atoms with Crippen LogP contribution in [-0.4, -0.2) is 34.2 Å². The van der Waals surface area contributed by atoms with Gasteiger partial charge >= 0.3 is 0 Å². The minimum absolute atomic E-state index is 0.0284. The quantitative estimate of drug-likeness (QED) is 0.774. The Morgan fingerprint density at radius 2 is 1.65 bits per heavy atom. The molecule has 0 saturated heterocycles. The maximum Gasteiger partial charge on any atom is 0.261 e. The van der Waals surface area contributed by atoms with E-state index >= 15 is 0 Å². The lowest BCUT2D eigenvalue weighted by molar-refractivity contribution is 0.445. The van der Waals surface area contributed by atoms with Crippen LogP contribution < -0.4 is 4.72 Å². The summed E-state index contributed by atoms with van der Waals surface area (Å²) in [6.07, 6.45) is 0. The van der Waals surface area contributed by atoms with Crippen LogP contribution in [0.1, 0.15) is 19.4 Å². The van der Waals surface area contributed by atoms with Crippen LogP contribution in [0.3, 0.4) is 0 Å². The number of halogens is 1. The number of aryl methyl sites for hydroxylation is 1. The summed E-state index contributed by atoms with van der Waals surface area (Å²) in [5, 5.41) is 0. The molecule has 142 valence electrons. The molecule has 0 fully saturated rings. The highest BCUT2D eigenvalue weighted by atomic mass is 32.2. The Labute approximate surface area is 153 Å². The van der Waals surface area contributed by atoms with Crippen molar-refractivity contribution >= 4 is 25.7 Å². The van der Waals surface area contributed by atoms with Gasteiger partial charge in [-0.05, 0) is 42.8 Å². The zero-order valence-corrected chi connectivity index (χ0v) is 16.4. The van der Waals surface area contributed by atoms with E-state index in [1.165, 1.54) is 34.6 Å². The van der Waals surface area contributed by atoms with Gasteiger partial charge in [-0.3, -0.25) is 4.72 Å². The molecule has 0 aliphatic carbocycles. The van der Waals surface area contributed by atoms with E-state index in [9.17, 15) is 21.2 Å². The SMILES string of the molecule is CCN(CC)S(=O)(=O)c1cc(NS(=O)(=O)c2cccc(F)c2)ccc1C. The van der Waals surface area contributed by atoms with Gasteiger partial charge in [-0.15, -0.1) is 0 Å². The van der Waals surface area contributed by atoms with Gasteiger partial charge in [0.1, 0.15) is 5.82 Å². The summed E-state index contributed by atoms with van der Waals surface area (Å²) >= 11 is 0. The second-order valence-electron chi connectivity index (χ2n) is 5.63. The summed E-state index contributed by atoms with van der Waals surface area (Å²) in [5.74, 6) is -0.679. The summed E-state index contributed by atoms with van der Waals surface area (Å²) in [5.41, 5.74) is 0.594. The second-order valence-corrected chi connectivity index (χ2v) is 9.22. The van der Waals surface area contributed by atoms with Gasteiger partial charge < -0.3 is 0 Å². The Balaban J connectivity index is 2.44. The number of hydrogen-bond acceptors (Lipinski definition) is 4. The van der Waals surface area contributed by atoms with Crippen LogP contribution in [0.2, 0.25) is 0 Å². The van der Waals surface area contributed by atoms with Gasteiger partial charge in [0.2, 0.25) is 10.0 Å². The molecule has 2 rings (SSSR count). The number of hydrogen-bond donors (Lipinski definition) is 1. The van der Waals surface area contributed by atoms with E-state index in [-0.39, 0.29) is 15.5 Å². The number of sulfonamides is 2. The van der Waals surface area contributed by atoms with Crippen LogP contribution in [0.4, 0.5) is 10.1 Å². The molecule has 0 spiro atoms. The van der Waals surface area contributed by atoms with Gasteiger partial charge in [-0.2, -0.15) is 4.31 Å². The van der Waals surface area contributed by atoms with Crippen LogP contribution in [0.25, 0.3) is 0 Å². The molecule has 0 aliphatic heterocycles. The molecule has 0 atom stereocenters. The summed E-state index contributed by atoms with van der Waals surface area (Å²) in [6, 6.07) is 8.85. The van der Waals surface area contributed by atoms with Crippen molar-refractivity contribution in [2.45, 2.75) is 30.6 Å². The minimum atomic E-state index is -4.04. The molecule has 0 aromatic heterocycles. The maximum atomic E-state index is 13.3. The van der Waals surface area contributed by atoms with Gasteiger partial charge in [0.15, 0.2) is 0 Å². The zero-order valence-electron chi connectivity index (χ0n) is 14.7. The lowest BCUT2D eigenvalue weighted by Gasteiger charge is -2.20. The summed E-state index contributed by atoms with van der Waals surface area (Å²) < 4.78 is 67.2. The van der Waals surface area contributed by atoms with Gasteiger partial charge in [-0.25, -0.2) is 21.2 Å². The number of benzene rings is 2. The maximum absolute atomic E-state index is 13.3. The fraction of sp³-hybridized carbons (Fsp3) is 0.294. The van der Waals surface area contributed by atoms with E-state index < -0.39 is 25.9 Å². The summed E-state index contributed by atoms with van der Waals surface area (Å²) in [7, 11) is -7.78. The van der Waals surface area contributed by atoms with Crippen molar-refractivity contribution < 1.29 is 21.2 Å². The van der Waals surface area contributed by atoms with Crippen molar-refractivity contribution in [2.75, 3.05) is 17.8 Å². The first-order valence-electron chi connectivity index (χ1n) is 8.01. The van der Waals surface area contributed by atoms with E-state index in [1.807, 2.05) is 0 Å². The molecule has 0 aliphatic rings. The standard InChI is InChI=1S/C17H21FN2O4S2/c1-4-20(5-2)26(23,24)17-12-15(10-9-13(17)3)19-25(21,22)16-8-6-7-14(18)11-16/h6-12,19H,4-5H2,1-3H3. The highest BCUT2D eigenvalue weighted by Gasteiger charge is 2.24. The topological polar surface area (TPSA) is 83.6 Å². The minimum Gasteiger partial charge on any atom is -0.280 e. The van der Waals surface area contributed by atoms with Crippen molar-refractivity contribution in [3.05, 3.63) is 53.8 Å². The average Bonchev–Trinajstić information content (AvgIpc) is 2.57. The molecule has 1 N–H and O–H groups in total. The largest absolute Gasteiger partial charge is 0.280 e. The number of anilines is 1. The fourth-order valence-corrected chi connectivity index (χ4v) is 5.28.